The lowest BCUT2D eigenvalue weighted by Crippen LogP contribution is -2.52. The number of nitrogens with zero attached hydrogens (tertiary/aromatic N) is 2. The van der Waals surface area contributed by atoms with Gasteiger partial charge in [0.25, 0.3) is 6.02 Å². The number of nitrogens with two attached hydrogens (primary N) is 1. The normalized spacial score (nSPS) is 29.0. The molecule has 0 bridgehead atoms. The van der Waals surface area contributed by atoms with Crippen molar-refractivity contribution in [2.75, 3.05) is 13.2 Å². The van der Waals surface area contributed by atoms with Crippen LogP contribution in [-0.4, -0.2) is 36.4 Å². The second kappa shape index (κ2) is 7.92. The molecule has 4 atom stereocenters. The summed E-state index contributed by atoms with van der Waals surface area (Å²) in [6, 6.07) is 8.35. The smallest absolute Gasteiger partial charge is 0.283 e. The van der Waals surface area contributed by atoms with Crippen LogP contribution in [0.15, 0.2) is 41.7 Å². The number of amidine groups is 1. The van der Waals surface area contributed by atoms with Crippen LogP contribution in [0.2, 0.25) is 5.02 Å². The van der Waals surface area contributed by atoms with Gasteiger partial charge in [0.15, 0.2) is 0 Å². The number of fused-ring (bicyclic) bond motifs is 4. The fraction of sp³-hybridized carbons (Fsp3) is 0.520. The van der Waals surface area contributed by atoms with Crippen molar-refractivity contribution >= 4 is 17.6 Å². The van der Waals surface area contributed by atoms with Crippen LogP contribution in [0.25, 0.3) is 11.1 Å². The molecule has 1 aromatic heterocycles. The molecule has 1 saturated carbocycles. The summed E-state index contributed by atoms with van der Waals surface area (Å²) >= 11 is 6.19. The molecule has 1 aliphatic carbocycles. The van der Waals surface area contributed by atoms with Crippen molar-refractivity contribution < 1.29 is 14.2 Å². The van der Waals surface area contributed by atoms with Gasteiger partial charge in [0, 0.05) is 29.4 Å². The molecule has 2 aliphatic heterocycles. The first-order valence-electron chi connectivity index (χ1n) is 11.3. The van der Waals surface area contributed by atoms with Crippen molar-refractivity contribution in [2.24, 2.45) is 22.1 Å². The molecular weight excluding hydrogens is 426 g/mol. The van der Waals surface area contributed by atoms with E-state index in [4.69, 9.17) is 36.5 Å². The van der Waals surface area contributed by atoms with Gasteiger partial charge in [0.1, 0.15) is 24.0 Å². The molecule has 170 valence electrons. The van der Waals surface area contributed by atoms with Gasteiger partial charge in [-0.05, 0) is 48.4 Å². The van der Waals surface area contributed by atoms with Crippen LogP contribution >= 0.6 is 11.6 Å². The Bertz CT molecular complexity index is 1050. The summed E-state index contributed by atoms with van der Waals surface area (Å²) in [6.07, 6.45) is 6.46. The average molecular weight is 456 g/mol. The summed E-state index contributed by atoms with van der Waals surface area (Å²) in [5.74, 6) is 0.976. The standard InChI is InChI=1S/C25H30ClN3O3/c1-24(2,3)13-30-18-5-7-22-20(10-18)25(14-31-23(27)29-25)19-9-15(4-6-21(19)32-22)16-8-17(26)12-28-11-16/h4,6,8-9,11-12,18,20,22H,5,7,10,13-14H2,1-3H3,(H2,27,29)/t18-,20-,22-,25-/m0/s1. The zero-order valence-electron chi connectivity index (χ0n) is 18.8. The average Bonchev–Trinajstić information content (AvgIpc) is 3.14. The minimum absolute atomic E-state index is 0.0638. The highest BCUT2D eigenvalue weighted by Gasteiger charge is 2.55. The fourth-order valence-corrected chi connectivity index (χ4v) is 5.30. The number of aliphatic imine (C=N–C) groups is 1. The van der Waals surface area contributed by atoms with Crippen LogP contribution in [0.1, 0.15) is 45.6 Å². The van der Waals surface area contributed by atoms with Crippen molar-refractivity contribution in [3.8, 4) is 16.9 Å². The summed E-state index contributed by atoms with van der Waals surface area (Å²) in [4.78, 5) is 9.13. The number of halogens is 1. The van der Waals surface area contributed by atoms with Crippen LogP contribution in [0.5, 0.6) is 5.75 Å². The molecule has 1 aromatic carbocycles. The third kappa shape index (κ3) is 3.95. The highest BCUT2D eigenvalue weighted by atomic mass is 35.5. The fourth-order valence-electron chi connectivity index (χ4n) is 5.12. The lowest BCUT2D eigenvalue weighted by Gasteiger charge is -2.48. The van der Waals surface area contributed by atoms with Crippen molar-refractivity contribution in [3.05, 3.63) is 47.2 Å². The van der Waals surface area contributed by atoms with Crippen molar-refractivity contribution in [2.45, 2.75) is 57.8 Å². The van der Waals surface area contributed by atoms with Crippen molar-refractivity contribution in [1.29, 1.82) is 0 Å². The first-order valence-corrected chi connectivity index (χ1v) is 11.6. The predicted molar refractivity (Wildman–Crippen MR) is 125 cm³/mol. The molecule has 32 heavy (non-hydrogen) atoms. The van der Waals surface area contributed by atoms with Crippen LogP contribution in [-0.2, 0) is 15.0 Å². The first-order chi connectivity index (χ1) is 15.2. The topological polar surface area (TPSA) is 79.0 Å². The van der Waals surface area contributed by atoms with Crippen LogP contribution in [0.4, 0.5) is 0 Å². The molecule has 0 amide bonds. The maximum atomic E-state index is 6.50. The Morgan fingerprint density at radius 3 is 2.75 bits per heavy atom. The molecule has 0 radical (unpaired) electrons. The van der Waals surface area contributed by atoms with Gasteiger partial charge >= 0.3 is 0 Å². The predicted octanol–water partition coefficient (Wildman–Crippen LogP) is 4.93. The third-order valence-corrected chi connectivity index (χ3v) is 6.82. The molecule has 0 unspecified atom stereocenters. The Balaban J connectivity index is 1.52. The first kappa shape index (κ1) is 21.5. The van der Waals surface area contributed by atoms with E-state index in [0.29, 0.717) is 11.6 Å². The number of benzene rings is 1. The molecule has 1 fully saturated rings. The Morgan fingerprint density at radius 1 is 1.19 bits per heavy atom. The summed E-state index contributed by atoms with van der Waals surface area (Å²) in [5, 5.41) is 0.601. The summed E-state index contributed by atoms with van der Waals surface area (Å²) in [7, 11) is 0. The van der Waals surface area contributed by atoms with Crippen LogP contribution in [0.3, 0.4) is 0 Å². The molecule has 2 N–H and O–H groups in total. The second-order valence-electron chi connectivity index (χ2n) is 10.3. The summed E-state index contributed by atoms with van der Waals surface area (Å²) in [6.45, 7) is 7.74. The van der Waals surface area contributed by atoms with Crippen LogP contribution in [0, 0.1) is 11.3 Å². The highest BCUT2D eigenvalue weighted by molar-refractivity contribution is 6.30. The van der Waals surface area contributed by atoms with Gasteiger partial charge in [0.2, 0.25) is 0 Å². The van der Waals surface area contributed by atoms with Crippen molar-refractivity contribution in [3.63, 3.8) is 0 Å². The molecule has 3 aliphatic rings. The lowest BCUT2D eigenvalue weighted by atomic mass is 9.67. The van der Waals surface area contributed by atoms with E-state index in [0.717, 1.165) is 48.3 Å². The molecule has 7 heteroatoms. The number of hydrogen-bond donors (Lipinski definition) is 1. The Hall–Kier alpha value is -2.31. The molecule has 3 heterocycles. The van der Waals surface area contributed by atoms with E-state index < -0.39 is 5.54 Å². The number of rotatable bonds is 3. The number of hydrogen-bond acceptors (Lipinski definition) is 6. The largest absolute Gasteiger partial charge is 0.490 e. The molecule has 1 spiro atoms. The molecule has 0 saturated heterocycles. The quantitative estimate of drug-likeness (QED) is 0.709. The Morgan fingerprint density at radius 2 is 2.03 bits per heavy atom. The summed E-state index contributed by atoms with van der Waals surface area (Å²) < 4.78 is 18.6. The van der Waals surface area contributed by atoms with Gasteiger partial charge in [0.05, 0.1) is 17.7 Å². The molecule has 5 rings (SSSR count). The number of pyridine rings is 1. The monoisotopic (exact) mass is 455 g/mol. The van der Waals surface area contributed by atoms with E-state index in [-0.39, 0.29) is 29.6 Å². The van der Waals surface area contributed by atoms with E-state index in [1.165, 1.54) is 0 Å². The minimum Gasteiger partial charge on any atom is -0.490 e. The molecule has 6 nitrogen and oxygen atoms in total. The van der Waals surface area contributed by atoms with Gasteiger partial charge in [-0.1, -0.05) is 38.4 Å². The van der Waals surface area contributed by atoms with Gasteiger partial charge in [-0.3, -0.25) is 4.98 Å². The zero-order valence-corrected chi connectivity index (χ0v) is 19.6. The van der Waals surface area contributed by atoms with E-state index in [9.17, 15) is 0 Å². The van der Waals surface area contributed by atoms with E-state index in [2.05, 4.69) is 31.8 Å². The molecular formula is C25H30ClN3O3. The van der Waals surface area contributed by atoms with Gasteiger partial charge < -0.3 is 19.9 Å². The maximum Gasteiger partial charge on any atom is 0.283 e. The van der Waals surface area contributed by atoms with E-state index in [1.54, 1.807) is 6.20 Å². The second-order valence-corrected chi connectivity index (χ2v) is 10.8. The SMILES string of the molecule is CC(C)(C)CO[C@H]1CC[C@@H]2Oc3ccc(-c4cncc(Cl)c4)cc3[C@@]3(COC(N)=N3)[C@H]2C1. The zero-order chi connectivity index (χ0) is 22.5. The lowest BCUT2D eigenvalue weighted by molar-refractivity contribution is -0.0757. The Kier molecular flexibility index (Phi) is 5.33. The minimum atomic E-state index is -0.575. The van der Waals surface area contributed by atoms with Gasteiger partial charge in [-0.25, -0.2) is 4.99 Å². The third-order valence-electron chi connectivity index (χ3n) is 6.62. The Labute approximate surface area is 194 Å². The van der Waals surface area contributed by atoms with Gasteiger partial charge in [-0.2, -0.15) is 0 Å². The van der Waals surface area contributed by atoms with Gasteiger partial charge in [-0.15, -0.1) is 0 Å². The maximum absolute atomic E-state index is 6.50. The van der Waals surface area contributed by atoms with Crippen LogP contribution < -0.4 is 10.5 Å². The van der Waals surface area contributed by atoms with E-state index >= 15 is 0 Å². The number of aromatic nitrogens is 1. The summed E-state index contributed by atoms with van der Waals surface area (Å²) in [5.41, 5.74) is 8.59. The number of ether oxygens (including phenoxy) is 3. The van der Waals surface area contributed by atoms with E-state index in [1.807, 2.05) is 24.4 Å². The van der Waals surface area contributed by atoms with Crippen molar-refractivity contribution in [1.82, 2.24) is 4.98 Å². The highest BCUT2D eigenvalue weighted by Crippen LogP contribution is 2.53. The molecule has 2 aromatic rings.